The second kappa shape index (κ2) is 4.41. The maximum absolute atomic E-state index is 13.7. The molecule has 0 radical (unpaired) electrons. The molecule has 0 spiro atoms. The van der Waals surface area contributed by atoms with Gasteiger partial charge in [0.05, 0.1) is 6.61 Å². The Bertz CT molecular complexity index is 338. The van der Waals surface area contributed by atoms with Gasteiger partial charge in [0.1, 0.15) is 0 Å². The van der Waals surface area contributed by atoms with Gasteiger partial charge in [-0.25, -0.2) is 9.18 Å². The maximum Gasteiger partial charge on any atom is 0.333 e. The van der Waals surface area contributed by atoms with E-state index in [0.29, 0.717) is 17.9 Å². The van der Waals surface area contributed by atoms with Gasteiger partial charge in [0.2, 0.25) is 5.85 Å². The van der Waals surface area contributed by atoms with Crippen LogP contribution in [-0.4, -0.2) is 23.5 Å². The Balaban J connectivity index is 1.78. The van der Waals surface area contributed by atoms with Gasteiger partial charge < -0.3 is 9.84 Å². The van der Waals surface area contributed by atoms with Crippen LogP contribution in [0.2, 0.25) is 0 Å². The van der Waals surface area contributed by atoms with E-state index in [-0.39, 0.29) is 24.9 Å². The lowest BCUT2D eigenvalue weighted by Gasteiger charge is -2.30. The maximum atomic E-state index is 13.7. The summed E-state index contributed by atoms with van der Waals surface area (Å²) < 4.78 is 18.7. The first kappa shape index (κ1) is 12.6. The zero-order chi connectivity index (χ0) is 12.6. The van der Waals surface area contributed by atoms with Gasteiger partial charge in [0.25, 0.3) is 0 Å². The highest BCUT2D eigenvalue weighted by molar-refractivity contribution is 5.86. The zero-order valence-electron chi connectivity index (χ0n) is 10.1. The Kier molecular flexibility index (Phi) is 3.25. The lowest BCUT2D eigenvalue weighted by atomic mass is 9.83. The lowest BCUT2D eigenvalue weighted by molar-refractivity contribution is -0.149. The van der Waals surface area contributed by atoms with Gasteiger partial charge in [0, 0.05) is 17.9 Å². The van der Waals surface area contributed by atoms with Crippen molar-refractivity contribution in [1.29, 1.82) is 0 Å². The Morgan fingerprint density at radius 1 is 1.59 bits per heavy atom. The molecule has 96 valence electrons. The molecule has 2 bridgehead atoms. The summed E-state index contributed by atoms with van der Waals surface area (Å²) in [5.41, 5.74) is 0.375. The normalized spacial score (nSPS) is 39.4. The molecule has 17 heavy (non-hydrogen) atoms. The van der Waals surface area contributed by atoms with Crippen molar-refractivity contribution in [2.75, 3.05) is 6.61 Å². The minimum atomic E-state index is -1.99. The van der Waals surface area contributed by atoms with Crippen LogP contribution in [-0.2, 0) is 9.53 Å². The number of ether oxygens (including phenoxy) is 1. The number of fused-ring (bicyclic) bond motifs is 2. The van der Waals surface area contributed by atoms with Gasteiger partial charge in [-0.1, -0.05) is 6.58 Å². The van der Waals surface area contributed by atoms with Gasteiger partial charge in [-0.3, -0.25) is 0 Å². The van der Waals surface area contributed by atoms with Crippen LogP contribution < -0.4 is 0 Å². The largest absolute Gasteiger partial charge is 0.462 e. The van der Waals surface area contributed by atoms with E-state index in [1.54, 1.807) is 6.92 Å². The Morgan fingerprint density at radius 2 is 2.29 bits per heavy atom. The smallest absolute Gasteiger partial charge is 0.333 e. The Morgan fingerprint density at radius 3 is 2.82 bits per heavy atom. The van der Waals surface area contributed by atoms with E-state index < -0.39 is 11.8 Å². The first-order valence-electron chi connectivity index (χ1n) is 6.14. The number of carbonyl (C=O) groups is 1. The second-order valence-electron chi connectivity index (χ2n) is 5.43. The van der Waals surface area contributed by atoms with Crippen LogP contribution in [0.4, 0.5) is 4.39 Å². The predicted molar refractivity (Wildman–Crippen MR) is 60.8 cm³/mol. The first-order valence-corrected chi connectivity index (χ1v) is 6.14. The molecular weight excluding hydrogens is 223 g/mol. The van der Waals surface area contributed by atoms with Crippen molar-refractivity contribution >= 4 is 5.97 Å². The molecule has 0 amide bonds. The van der Waals surface area contributed by atoms with Crippen LogP contribution in [0.25, 0.3) is 0 Å². The summed E-state index contributed by atoms with van der Waals surface area (Å²) in [6.45, 7) is 5.38. The molecule has 4 atom stereocenters. The third kappa shape index (κ3) is 2.51. The summed E-state index contributed by atoms with van der Waals surface area (Å²) in [6.07, 6.45) is 2.62. The average molecular weight is 242 g/mol. The highest BCUT2D eigenvalue weighted by atomic mass is 19.2. The topological polar surface area (TPSA) is 46.5 Å². The fraction of sp³-hybridized carbons (Fsp3) is 0.769. The molecule has 4 unspecified atom stereocenters. The van der Waals surface area contributed by atoms with Crippen molar-refractivity contribution in [2.24, 2.45) is 17.8 Å². The van der Waals surface area contributed by atoms with E-state index >= 15 is 0 Å². The van der Waals surface area contributed by atoms with Gasteiger partial charge in [-0.05, 0) is 38.0 Å². The number of aliphatic hydroxyl groups is 1. The van der Waals surface area contributed by atoms with Crippen LogP contribution in [0.3, 0.4) is 0 Å². The summed E-state index contributed by atoms with van der Waals surface area (Å²) in [6, 6.07) is 0. The molecule has 0 saturated heterocycles. The van der Waals surface area contributed by atoms with Crippen LogP contribution in [0.15, 0.2) is 12.2 Å². The molecular formula is C13H19FO3. The van der Waals surface area contributed by atoms with E-state index in [4.69, 9.17) is 4.74 Å². The van der Waals surface area contributed by atoms with E-state index in [0.717, 1.165) is 12.8 Å². The van der Waals surface area contributed by atoms with Crippen molar-refractivity contribution in [3.63, 3.8) is 0 Å². The molecule has 2 aliphatic rings. The molecule has 2 rings (SSSR count). The molecule has 2 aliphatic carbocycles. The van der Waals surface area contributed by atoms with E-state index in [1.165, 1.54) is 0 Å². The number of hydrogen-bond donors (Lipinski definition) is 1. The van der Waals surface area contributed by atoms with Crippen LogP contribution in [0.5, 0.6) is 0 Å². The lowest BCUT2D eigenvalue weighted by Crippen LogP contribution is -2.35. The minimum Gasteiger partial charge on any atom is -0.462 e. The third-order valence-electron chi connectivity index (χ3n) is 4.01. The summed E-state index contributed by atoms with van der Waals surface area (Å²) in [5, 5.41) is 9.56. The van der Waals surface area contributed by atoms with Gasteiger partial charge in [0.15, 0.2) is 0 Å². The highest BCUT2D eigenvalue weighted by Gasteiger charge is 2.55. The van der Waals surface area contributed by atoms with Crippen LogP contribution in [0.1, 0.15) is 32.6 Å². The summed E-state index contributed by atoms with van der Waals surface area (Å²) in [7, 11) is 0. The van der Waals surface area contributed by atoms with Gasteiger partial charge in [-0.2, -0.15) is 0 Å². The van der Waals surface area contributed by atoms with Crippen molar-refractivity contribution in [1.82, 2.24) is 0 Å². The van der Waals surface area contributed by atoms with Crippen molar-refractivity contribution in [3.8, 4) is 0 Å². The van der Waals surface area contributed by atoms with Crippen LogP contribution >= 0.6 is 0 Å². The molecule has 4 heteroatoms. The SMILES string of the molecule is C=C(C)C(=O)OCCC1CC2CC1C(O)(F)C2. The molecule has 0 aliphatic heterocycles. The predicted octanol–water partition coefficient (Wildman–Crippen LogP) is 2.20. The molecule has 1 N–H and O–H groups in total. The van der Waals surface area contributed by atoms with Crippen molar-refractivity contribution in [2.45, 2.75) is 38.5 Å². The summed E-state index contributed by atoms with van der Waals surface area (Å²) in [4.78, 5) is 11.2. The molecule has 2 saturated carbocycles. The molecule has 0 aromatic heterocycles. The monoisotopic (exact) mass is 242 g/mol. The summed E-state index contributed by atoms with van der Waals surface area (Å²) in [5.74, 6) is -2.22. The number of esters is 1. The van der Waals surface area contributed by atoms with E-state index in [2.05, 4.69) is 6.58 Å². The fourth-order valence-electron chi connectivity index (χ4n) is 3.25. The number of alkyl halides is 1. The van der Waals surface area contributed by atoms with E-state index in [9.17, 15) is 14.3 Å². The first-order chi connectivity index (χ1) is 7.90. The standard InChI is InChI=1S/C13H19FO3/c1-8(2)12(15)17-4-3-10-5-9-6-11(10)13(14,16)7-9/h9-11,16H,1,3-7H2,2H3. The molecule has 3 nitrogen and oxygen atoms in total. The average Bonchev–Trinajstić information content (AvgIpc) is 2.72. The number of hydrogen-bond acceptors (Lipinski definition) is 3. The van der Waals surface area contributed by atoms with Gasteiger partial charge >= 0.3 is 5.97 Å². The van der Waals surface area contributed by atoms with Crippen molar-refractivity contribution < 1.29 is 19.0 Å². The quantitative estimate of drug-likeness (QED) is 0.607. The van der Waals surface area contributed by atoms with Crippen molar-refractivity contribution in [3.05, 3.63) is 12.2 Å². The summed E-state index contributed by atoms with van der Waals surface area (Å²) >= 11 is 0. The number of rotatable bonds is 4. The molecule has 0 heterocycles. The molecule has 0 aromatic carbocycles. The zero-order valence-corrected chi connectivity index (χ0v) is 10.1. The fourth-order valence-corrected chi connectivity index (χ4v) is 3.25. The number of carbonyl (C=O) groups excluding carboxylic acids is 1. The Labute approximate surface area is 101 Å². The second-order valence-corrected chi connectivity index (χ2v) is 5.43. The highest BCUT2D eigenvalue weighted by Crippen LogP contribution is 2.55. The minimum absolute atomic E-state index is 0.140. The van der Waals surface area contributed by atoms with E-state index in [1.807, 2.05) is 0 Å². The number of halogens is 1. The van der Waals surface area contributed by atoms with Crippen LogP contribution in [0, 0.1) is 17.8 Å². The third-order valence-corrected chi connectivity index (χ3v) is 4.01. The Hall–Kier alpha value is -0.900. The molecule has 2 fully saturated rings. The molecule has 0 aromatic rings. The van der Waals surface area contributed by atoms with Gasteiger partial charge in [-0.15, -0.1) is 0 Å².